The molecule has 0 aliphatic heterocycles. The van der Waals surface area contributed by atoms with Gasteiger partial charge >= 0.3 is 46.9 Å². The first kappa shape index (κ1) is 63.4. The zero-order valence-corrected chi connectivity index (χ0v) is 43.1. The fourth-order valence-corrected chi connectivity index (χ4v) is 10.7. The molecule has 6 atom stereocenters. The Morgan fingerprint density at radius 3 is 0.726 bits per heavy atom. The fraction of sp³-hybridized carbons (Fsp3) is 1.00. The summed E-state index contributed by atoms with van der Waals surface area (Å²) in [6, 6.07) is 0. The second kappa shape index (κ2) is 32.2. The molecule has 374 valence electrons. The summed E-state index contributed by atoms with van der Waals surface area (Å²) in [4.78, 5) is 58.1. The molecule has 0 bridgehead atoms. The highest BCUT2D eigenvalue weighted by Gasteiger charge is 2.29. The van der Waals surface area contributed by atoms with E-state index in [4.69, 9.17) is 27.1 Å². The van der Waals surface area contributed by atoms with E-state index in [1.165, 1.54) is 0 Å². The quantitative estimate of drug-likeness (QED) is 0.0190. The summed E-state index contributed by atoms with van der Waals surface area (Å²) < 4.78 is 128. The van der Waals surface area contributed by atoms with Crippen molar-refractivity contribution in [3.63, 3.8) is 0 Å². The number of phosphoric ester groups is 6. The van der Waals surface area contributed by atoms with Crippen LogP contribution in [-0.4, -0.2) is 120 Å². The van der Waals surface area contributed by atoms with Crippen molar-refractivity contribution in [2.45, 2.75) is 92.9 Å². The predicted octanol–water partition coefficient (Wildman–Crippen LogP) is 8.38. The minimum Gasteiger partial charge on any atom is -0.302 e. The Morgan fingerprint density at radius 1 is 0.306 bits per heavy atom. The minimum absolute atomic E-state index is 0.0341. The number of rotatable bonds is 41. The summed E-state index contributed by atoms with van der Waals surface area (Å²) in [5, 5.41) is 0. The molecular weight excluding hydrogens is 994 g/mol. The Balaban J connectivity index is 3.77. The molecule has 0 radical (unpaired) electrons. The van der Waals surface area contributed by atoms with E-state index in [9.17, 15) is 56.8 Å². The predicted molar refractivity (Wildman–Crippen MR) is 231 cm³/mol. The molecule has 0 heterocycles. The summed E-state index contributed by atoms with van der Waals surface area (Å²) in [5.74, 6) is 1.83. The van der Waals surface area contributed by atoms with Gasteiger partial charge in [0.1, 0.15) is 0 Å². The average molecular weight is 1060 g/mol. The van der Waals surface area contributed by atoms with E-state index in [-0.39, 0.29) is 26.4 Å². The van der Waals surface area contributed by atoms with Gasteiger partial charge in [-0.15, -0.1) is 0 Å². The molecule has 0 amide bonds. The maximum atomic E-state index is 12.0. The van der Waals surface area contributed by atoms with Crippen LogP contribution in [0.25, 0.3) is 0 Å². The smallest absolute Gasteiger partial charge is 0.302 e. The van der Waals surface area contributed by atoms with Crippen LogP contribution in [-0.2, 0) is 81.7 Å². The third-order valence-corrected chi connectivity index (χ3v) is 15.1. The van der Waals surface area contributed by atoms with Crippen LogP contribution in [0.4, 0.5) is 0 Å². The van der Waals surface area contributed by atoms with Crippen molar-refractivity contribution in [1.29, 1.82) is 0 Å². The molecule has 6 unspecified atom stereocenters. The van der Waals surface area contributed by atoms with Crippen LogP contribution in [0.5, 0.6) is 0 Å². The van der Waals surface area contributed by atoms with Crippen molar-refractivity contribution >= 4 is 68.5 Å². The van der Waals surface area contributed by atoms with Gasteiger partial charge in [0.15, 0.2) is 0 Å². The van der Waals surface area contributed by atoms with Crippen LogP contribution >= 0.6 is 68.5 Å². The third kappa shape index (κ3) is 42.7. The van der Waals surface area contributed by atoms with E-state index < -0.39 is 111 Å². The molecule has 62 heavy (non-hydrogen) atoms. The summed E-state index contributed by atoms with van der Waals surface area (Å²) in [5.41, 5.74) is -0.785. The molecule has 0 saturated carbocycles. The van der Waals surface area contributed by atoms with Crippen LogP contribution in [0.15, 0.2) is 0 Å². The van der Waals surface area contributed by atoms with Gasteiger partial charge in [-0.3, -0.25) is 54.3 Å². The van der Waals surface area contributed by atoms with Crippen molar-refractivity contribution in [3.8, 4) is 0 Å². The average Bonchev–Trinajstić information content (AvgIpc) is 3.13. The lowest BCUT2D eigenvalue weighted by molar-refractivity contribution is 0.0792. The second-order valence-corrected chi connectivity index (χ2v) is 26.7. The Hall–Kier alpha value is 1.36. The fourth-order valence-electron chi connectivity index (χ4n) is 3.71. The van der Waals surface area contributed by atoms with Gasteiger partial charge < -0.3 is 29.4 Å². The zero-order chi connectivity index (χ0) is 47.5. The first-order chi connectivity index (χ1) is 28.4. The van der Waals surface area contributed by atoms with Crippen LogP contribution in [0.2, 0.25) is 0 Å². The zero-order valence-electron chi connectivity index (χ0n) is 36.1. The van der Waals surface area contributed by atoms with E-state index in [2.05, 4.69) is 27.1 Å². The maximum Gasteiger partial charge on any atom is 0.472 e. The minimum atomic E-state index is -4.61. The van der Waals surface area contributed by atoms with Crippen LogP contribution in [0, 0.1) is 10.8 Å². The van der Waals surface area contributed by atoms with Crippen molar-refractivity contribution < 1.29 is 111 Å². The number of hydrogen-bond acceptors (Lipinski definition) is 20. The molecule has 0 saturated heterocycles. The van der Waals surface area contributed by atoms with E-state index in [0.717, 1.165) is 50.0 Å². The lowest BCUT2D eigenvalue weighted by Gasteiger charge is -2.20. The number of phosphoric acid groups is 6. The van der Waals surface area contributed by atoms with E-state index in [1.807, 2.05) is 0 Å². The van der Waals surface area contributed by atoms with Gasteiger partial charge in [-0.05, 0) is 36.5 Å². The Morgan fingerprint density at radius 2 is 0.500 bits per heavy atom. The molecule has 32 heteroatoms. The summed E-state index contributed by atoms with van der Waals surface area (Å²) in [7, 11) is -23.4. The topological polar surface area (TPSA) is 335 Å². The van der Waals surface area contributed by atoms with Crippen LogP contribution in [0.3, 0.4) is 0 Å². The summed E-state index contributed by atoms with van der Waals surface area (Å²) >= 11 is 0. The largest absolute Gasteiger partial charge is 0.472 e. The first-order valence-corrected chi connectivity index (χ1v) is 30.9. The highest BCUT2D eigenvalue weighted by Crippen LogP contribution is 2.49. The van der Waals surface area contributed by atoms with Gasteiger partial charge in [-0.2, -0.15) is 0 Å². The van der Waals surface area contributed by atoms with Crippen molar-refractivity contribution in [2.24, 2.45) is 10.8 Å². The Kier molecular flexibility index (Phi) is 32.9. The molecule has 24 nitrogen and oxygen atoms in total. The molecular formula is C30H68O24P6S2. The van der Waals surface area contributed by atoms with Gasteiger partial charge in [0.25, 0.3) is 0 Å². The first-order valence-electron chi connectivity index (χ1n) is 19.4. The van der Waals surface area contributed by atoms with Crippen molar-refractivity contribution in [1.82, 2.24) is 0 Å². The van der Waals surface area contributed by atoms with Gasteiger partial charge in [0, 0.05) is 11.5 Å². The highest BCUT2D eigenvalue weighted by atomic mass is 33.1. The lowest BCUT2D eigenvalue weighted by atomic mass is 9.99. The van der Waals surface area contributed by atoms with Crippen molar-refractivity contribution in [3.05, 3.63) is 0 Å². The van der Waals surface area contributed by atoms with Gasteiger partial charge in [0.05, 0.1) is 79.3 Å². The number of hydrogen-bond donors (Lipinski definition) is 6. The van der Waals surface area contributed by atoms with Gasteiger partial charge in [-0.25, -0.2) is 27.4 Å². The third-order valence-electron chi connectivity index (χ3n) is 6.53. The molecule has 0 rings (SSSR count). The molecule has 0 aromatic heterocycles. The maximum absolute atomic E-state index is 12.0. The Bertz CT molecular complexity index is 1390. The molecule has 0 aliphatic carbocycles. The summed E-state index contributed by atoms with van der Waals surface area (Å²) in [6.07, 6.45) is 6.15. The summed E-state index contributed by atoms with van der Waals surface area (Å²) in [6.45, 7) is 6.01. The molecule has 0 aromatic carbocycles. The van der Waals surface area contributed by atoms with Gasteiger partial charge in [0.2, 0.25) is 0 Å². The monoisotopic (exact) mass is 1060 g/mol. The van der Waals surface area contributed by atoms with Gasteiger partial charge in [-0.1, -0.05) is 88.8 Å². The van der Waals surface area contributed by atoms with E-state index in [0.29, 0.717) is 12.8 Å². The molecule has 0 spiro atoms. The second-order valence-electron chi connectivity index (χ2n) is 15.3. The normalized spacial score (nSPS) is 18.6. The molecule has 6 N–H and O–H groups in total. The standard InChI is InChI=1S/C30H68O24P6S2/c1-29(2,3)27-53-59(39,40)51-23-21-49-57(35,36)47-19-17-45-55(31,32)43-15-11-7-9-13-25-61-62-26-14-10-8-12-16-44-56(33,34)46-18-20-48-58(37,38)50-22-24-52-60(41,42)54-28-30(4,5)6/h7-28H2,1-6H3,(H,31,32)(H,33,34)(H,35,36)(H,37,38)(H,39,40)(H,41,42). The Labute approximate surface area is 372 Å². The number of unbranched alkanes of at least 4 members (excludes halogenated alkanes) is 6. The van der Waals surface area contributed by atoms with Crippen molar-refractivity contribution in [2.75, 3.05) is 90.8 Å². The van der Waals surface area contributed by atoms with Crippen LogP contribution in [0.1, 0.15) is 92.9 Å². The van der Waals surface area contributed by atoms with E-state index >= 15 is 0 Å². The SMILES string of the molecule is CC(C)(C)COP(=O)(O)OCCOP(=O)(O)OCCOP(=O)(O)OCCCCCCSSCCCCCCOP(=O)(O)OCCOP(=O)(O)OCCOP(=O)(O)OCC(C)(C)C. The molecule has 0 fully saturated rings. The molecule has 0 aromatic rings. The molecule has 0 aliphatic rings. The van der Waals surface area contributed by atoms with Crippen LogP contribution < -0.4 is 0 Å². The highest BCUT2D eigenvalue weighted by molar-refractivity contribution is 8.76. The lowest BCUT2D eigenvalue weighted by Crippen LogP contribution is -2.14. The van der Waals surface area contributed by atoms with E-state index in [1.54, 1.807) is 63.1 Å².